The zero-order valence-electron chi connectivity index (χ0n) is 16.1. The number of furan rings is 2. The minimum absolute atomic E-state index is 0.0732. The summed E-state index contributed by atoms with van der Waals surface area (Å²) < 4.78 is 10.7. The molecule has 0 amide bonds. The van der Waals surface area contributed by atoms with Crippen molar-refractivity contribution in [3.05, 3.63) is 60.1 Å². The lowest BCUT2D eigenvalue weighted by Crippen LogP contribution is -1.92. The fraction of sp³-hybridized carbons (Fsp3) is 0.182. The van der Waals surface area contributed by atoms with Gasteiger partial charge in [-0.2, -0.15) is 0 Å². The lowest BCUT2D eigenvalue weighted by molar-refractivity contribution is 0.101. The number of Topliss-reactive ketones (excluding diaryl/α,β-unsaturated/α-hetero) is 2. The Morgan fingerprint density at radius 1 is 0.679 bits per heavy atom. The second kappa shape index (κ2) is 8.71. The standard InChI is InChI=1S/2C11H10O2S/c2*1-7(12)8-3-4-10(14-2)11-9(8)5-6-13-11/h2*3-6H,1-2H3. The summed E-state index contributed by atoms with van der Waals surface area (Å²) in [5, 5.41) is 1.81. The molecule has 0 aliphatic heterocycles. The van der Waals surface area contributed by atoms with Gasteiger partial charge >= 0.3 is 0 Å². The normalized spacial score (nSPS) is 10.7. The van der Waals surface area contributed by atoms with Gasteiger partial charge in [-0.1, -0.05) is 0 Å². The number of hydrogen-bond acceptors (Lipinski definition) is 6. The maximum atomic E-state index is 11.3. The maximum Gasteiger partial charge on any atom is 0.160 e. The van der Waals surface area contributed by atoms with Crippen molar-refractivity contribution in [3.8, 4) is 0 Å². The molecule has 0 spiro atoms. The molecule has 0 aliphatic carbocycles. The summed E-state index contributed by atoms with van der Waals surface area (Å²) in [6.07, 6.45) is 7.23. The van der Waals surface area contributed by atoms with E-state index in [1.54, 1.807) is 49.9 Å². The summed E-state index contributed by atoms with van der Waals surface area (Å²) in [4.78, 5) is 24.7. The molecule has 2 heterocycles. The number of thioether (sulfide) groups is 2. The lowest BCUT2D eigenvalue weighted by atomic mass is 10.1. The number of benzene rings is 2. The molecule has 0 unspecified atom stereocenters. The first-order chi connectivity index (χ1) is 13.5. The van der Waals surface area contributed by atoms with E-state index in [1.165, 1.54) is 0 Å². The Morgan fingerprint density at radius 2 is 1.07 bits per heavy atom. The molecular weight excluding hydrogens is 392 g/mol. The van der Waals surface area contributed by atoms with Crippen LogP contribution in [0.5, 0.6) is 0 Å². The largest absolute Gasteiger partial charge is 0.463 e. The van der Waals surface area contributed by atoms with Gasteiger partial charge in [0.15, 0.2) is 11.6 Å². The molecule has 0 N–H and O–H groups in total. The van der Waals surface area contributed by atoms with Gasteiger partial charge in [0.25, 0.3) is 0 Å². The number of carbonyl (C=O) groups excluding carboxylic acids is 2. The van der Waals surface area contributed by atoms with Crippen molar-refractivity contribution >= 4 is 57.0 Å². The third-order valence-electron chi connectivity index (χ3n) is 4.36. The van der Waals surface area contributed by atoms with Crippen LogP contribution in [-0.2, 0) is 0 Å². The smallest absolute Gasteiger partial charge is 0.160 e. The van der Waals surface area contributed by atoms with E-state index in [-0.39, 0.29) is 11.6 Å². The molecule has 0 aliphatic rings. The van der Waals surface area contributed by atoms with Crippen molar-refractivity contribution in [2.75, 3.05) is 12.5 Å². The number of rotatable bonds is 4. The molecule has 0 bridgehead atoms. The number of hydrogen-bond donors (Lipinski definition) is 0. The van der Waals surface area contributed by atoms with Gasteiger partial charge in [-0.25, -0.2) is 0 Å². The molecule has 0 saturated heterocycles. The van der Waals surface area contributed by atoms with Crippen molar-refractivity contribution in [2.24, 2.45) is 0 Å². The highest BCUT2D eigenvalue weighted by Crippen LogP contribution is 2.30. The molecule has 0 fully saturated rings. The van der Waals surface area contributed by atoms with E-state index in [2.05, 4.69) is 0 Å². The first-order valence-electron chi connectivity index (χ1n) is 8.58. The molecule has 0 atom stereocenters. The monoisotopic (exact) mass is 412 g/mol. The first kappa shape index (κ1) is 20.3. The van der Waals surface area contributed by atoms with Crippen LogP contribution >= 0.6 is 23.5 Å². The zero-order valence-corrected chi connectivity index (χ0v) is 17.7. The van der Waals surface area contributed by atoms with Crippen molar-refractivity contribution < 1.29 is 18.4 Å². The van der Waals surface area contributed by atoms with Gasteiger partial charge in [-0.3, -0.25) is 9.59 Å². The average molecular weight is 413 g/mol. The number of fused-ring (bicyclic) bond motifs is 2. The minimum atomic E-state index is 0.0732. The van der Waals surface area contributed by atoms with Gasteiger partial charge < -0.3 is 8.83 Å². The molecule has 0 radical (unpaired) electrons. The van der Waals surface area contributed by atoms with Crippen LogP contribution in [0.1, 0.15) is 34.6 Å². The number of carbonyl (C=O) groups is 2. The fourth-order valence-electron chi connectivity index (χ4n) is 3.01. The summed E-state index contributed by atoms with van der Waals surface area (Å²) in [5.74, 6) is 0.146. The SMILES string of the molecule is CSc1ccc(C(C)=O)c2ccoc12.CSc1ccc(C(C)=O)c2ccoc12. The summed E-state index contributed by atoms with van der Waals surface area (Å²) in [7, 11) is 0. The van der Waals surface area contributed by atoms with Crippen molar-refractivity contribution in [3.63, 3.8) is 0 Å². The third-order valence-corrected chi connectivity index (χ3v) is 5.88. The van der Waals surface area contributed by atoms with Gasteiger partial charge in [0.2, 0.25) is 0 Å². The first-order valence-corrected chi connectivity index (χ1v) is 11.0. The summed E-state index contributed by atoms with van der Waals surface area (Å²) in [5.41, 5.74) is 3.08. The molecule has 4 rings (SSSR count). The Balaban J connectivity index is 0.000000161. The highest BCUT2D eigenvalue weighted by molar-refractivity contribution is 7.99. The Hall–Kier alpha value is -2.44. The van der Waals surface area contributed by atoms with E-state index in [0.29, 0.717) is 0 Å². The van der Waals surface area contributed by atoms with Crippen molar-refractivity contribution in [2.45, 2.75) is 23.6 Å². The maximum absolute atomic E-state index is 11.3. The summed E-state index contributed by atoms with van der Waals surface area (Å²) in [6.45, 7) is 3.14. The Labute approximate surface area is 171 Å². The van der Waals surface area contributed by atoms with E-state index in [0.717, 1.165) is 42.9 Å². The van der Waals surface area contributed by atoms with E-state index in [4.69, 9.17) is 8.83 Å². The summed E-state index contributed by atoms with van der Waals surface area (Å²) >= 11 is 3.24. The topological polar surface area (TPSA) is 60.4 Å². The van der Waals surface area contributed by atoms with Gasteiger partial charge in [-0.15, -0.1) is 23.5 Å². The van der Waals surface area contributed by atoms with Crippen LogP contribution in [0.25, 0.3) is 21.9 Å². The average Bonchev–Trinajstić information content (AvgIpc) is 3.36. The predicted molar refractivity (Wildman–Crippen MR) is 116 cm³/mol. The highest BCUT2D eigenvalue weighted by Gasteiger charge is 2.11. The van der Waals surface area contributed by atoms with E-state index in [9.17, 15) is 9.59 Å². The van der Waals surface area contributed by atoms with Crippen LogP contribution < -0.4 is 0 Å². The van der Waals surface area contributed by atoms with E-state index in [1.807, 2.05) is 48.9 Å². The highest BCUT2D eigenvalue weighted by atomic mass is 32.2. The minimum Gasteiger partial charge on any atom is -0.463 e. The van der Waals surface area contributed by atoms with Gasteiger partial charge in [0, 0.05) is 21.9 Å². The second-order valence-corrected chi connectivity index (χ2v) is 7.77. The third kappa shape index (κ3) is 3.88. The fourth-order valence-corrected chi connectivity index (χ4v) is 4.10. The Bertz CT molecular complexity index is 1060. The van der Waals surface area contributed by atoms with Crippen LogP contribution in [0.3, 0.4) is 0 Å². The van der Waals surface area contributed by atoms with E-state index < -0.39 is 0 Å². The Kier molecular flexibility index (Phi) is 6.31. The van der Waals surface area contributed by atoms with Crippen LogP contribution in [-0.4, -0.2) is 24.1 Å². The van der Waals surface area contributed by atoms with Crippen molar-refractivity contribution in [1.29, 1.82) is 0 Å². The zero-order chi connectivity index (χ0) is 20.3. The quantitative estimate of drug-likeness (QED) is 0.274. The van der Waals surface area contributed by atoms with Crippen LogP contribution in [0, 0.1) is 0 Å². The molecule has 144 valence electrons. The molecule has 2 aromatic heterocycles. The molecule has 2 aromatic carbocycles. The predicted octanol–water partition coefficient (Wildman–Crippen LogP) is 6.71. The molecule has 4 aromatic rings. The van der Waals surface area contributed by atoms with Crippen molar-refractivity contribution in [1.82, 2.24) is 0 Å². The molecule has 28 heavy (non-hydrogen) atoms. The van der Waals surface area contributed by atoms with Gasteiger partial charge in [-0.05, 0) is 62.8 Å². The molecule has 0 saturated carbocycles. The molecule has 4 nitrogen and oxygen atoms in total. The van der Waals surface area contributed by atoms with Crippen LogP contribution in [0.15, 0.2) is 67.5 Å². The lowest BCUT2D eigenvalue weighted by Gasteiger charge is -2.01. The van der Waals surface area contributed by atoms with E-state index >= 15 is 0 Å². The van der Waals surface area contributed by atoms with Crippen LogP contribution in [0.2, 0.25) is 0 Å². The molecule has 6 heteroatoms. The summed E-state index contributed by atoms with van der Waals surface area (Å²) in [6, 6.07) is 11.2. The Morgan fingerprint density at radius 3 is 1.39 bits per heavy atom. The van der Waals surface area contributed by atoms with Gasteiger partial charge in [0.05, 0.1) is 22.3 Å². The van der Waals surface area contributed by atoms with Gasteiger partial charge in [0.1, 0.15) is 11.2 Å². The molecular formula is C22H20O4S2. The second-order valence-electron chi connectivity index (χ2n) is 6.07. The van der Waals surface area contributed by atoms with Crippen LogP contribution in [0.4, 0.5) is 0 Å². The number of ketones is 2.